The third-order valence-electron chi connectivity index (χ3n) is 4.59. The Labute approximate surface area is 138 Å². The maximum absolute atomic E-state index is 12.4. The molecule has 1 unspecified atom stereocenters. The largest absolute Gasteiger partial charge is 0.373 e. The number of carbonyl (C=O) groups excluding carboxylic acids is 1. The number of nitrogens with zero attached hydrogens (tertiary/aromatic N) is 3. The van der Waals surface area contributed by atoms with Crippen LogP contribution in [0.25, 0.3) is 0 Å². The van der Waals surface area contributed by atoms with Gasteiger partial charge in [-0.3, -0.25) is 9.78 Å². The van der Waals surface area contributed by atoms with E-state index in [9.17, 15) is 4.79 Å². The normalized spacial score (nSPS) is 21.7. The smallest absolute Gasteiger partial charge is 0.223 e. The minimum atomic E-state index is 0.145. The lowest BCUT2D eigenvalue weighted by Crippen LogP contribution is -2.49. The molecule has 3 rings (SSSR count). The van der Waals surface area contributed by atoms with E-state index in [2.05, 4.69) is 16.9 Å². The monoisotopic (exact) mass is 317 g/mol. The molecule has 1 aliphatic carbocycles. The number of ether oxygens (including phenoxy) is 1. The summed E-state index contributed by atoms with van der Waals surface area (Å²) in [5, 5.41) is 0. The van der Waals surface area contributed by atoms with Crippen LogP contribution in [-0.2, 0) is 16.0 Å². The number of hydrogen-bond acceptors (Lipinski definition) is 4. The van der Waals surface area contributed by atoms with Gasteiger partial charge < -0.3 is 14.5 Å². The Kier molecular flexibility index (Phi) is 5.62. The highest BCUT2D eigenvalue weighted by Gasteiger charge is 2.27. The molecular formula is C18H27N3O2. The highest BCUT2D eigenvalue weighted by Crippen LogP contribution is 2.29. The van der Waals surface area contributed by atoms with Crippen LogP contribution in [-0.4, -0.2) is 66.6 Å². The Morgan fingerprint density at radius 2 is 2.26 bits per heavy atom. The first-order valence-electron chi connectivity index (χ1n) is 8.68. The van der Waals surface area contributed by atoms with E-state index in [1.165, 1.54) is 12.8 Å². The van der Waals surface area contributed by atoms with Crippen LogP contribution < -0.4 is 0 Å². The first kappa shape index (κ1) is 16.4. The highest BCUT2D eigenvalue weighted by atomic mass is 16.5. The Morgan fingerprint density at radius 1 is 1.39 bits per heavy atom. The number of rotatable bonds is 7. The summed E-state index contributed by atoms with van der Waals surface area (Å²) in [7, 11) is 2.16. The number of pyridine rings is 1. The van der Waals surface area contributed by atoms with Gasteiger partial charge in [0.1, 0.15) is 0 Å². The standard InChI is InChI=1S/C18H27N3O2/c1-20(12-15-5-6-15)13-17-14-21(10-11-23-17)18(22)8-7-16-4-2-3-9-19-16/h2-4,9,15,17H,5-8,10-14H2,1H3. The molecule has 1 amide bonds. The Balaban J connectivity index is 1.42. The molecule has 23 heavy (non-hydrogen) atoms. The molecule has 1 aliphatic heterocycles. The SMILES string of the molecule is CN(CC1CC1)CC1CN(C(=O)CCc2ccccn2)CCO1. The van der Waals surface area contributed by atoms with Gasteiger partial charge in [0.2, 0.25) is 5.91 Å². The second-order valence-corrected chi connectivity index (χ2v) is 6.82. The van der Waals surface area contributed by atoms with E-state index in [0.29, 0.717) is 26.0 Å². The van der Waals surface area contributed by atoms with E-state index in [4.69, 9.17) is 4.74 Å². The summed E-state index contributed by atoms with van der Waals surface area (Å²) in [6.07, 6.45) is 5.90. The van der Waals surface area contributed by atoms with Crippen molar-refractivity contribution in [2.75, 3.05) is 39.8 Å². The molecule has 1 atom stereocenters. The summed E-state index contributed by atoms with van der Waals surface area (Å²) >= 11 is 0. The van der Waals surface area contributed by atoms with E-state index in [1.54, 1.807) is 6.20 Å². The molecule has 2 aliphatic rings. The van der Waals surface area contributed by atoms with E-state index < -0.39 is 0 Å². The average Bonchev–Trinajstić information content (AvgIpc) is 3.37. The molecule has 0 aromatic carbocycles. The summed E-state index contributed by atoms with van der Waals surface area (Å²) in [5.41, 5.74) is 0.981. The van der Waals surface area contributed by atoms with Crippen LogP contribution in [0.4, 0.5) is 0 Å². The molecule has 0 bridgehead atoms. The van der Waals surface area contributed by atoms with Crippen molar-refractivity contribution >= 4 is 5.91 Å². The number of aryl methyl sites for hydroxylation is 1. The molecule has 0 spiro atoms. The van der Waals surface area contributed by atoms with Gasteiger partial charge in [-0.05, 0) is 44.4 Å². The molecule has 5 nitrogen and oxygen atoms in total. The number of carbonyl (C=O) groups is 1. The zero-order valence-electron chi connectivity index (χ0n) is 14.0. The minimum absolute atomic E-state index is 0.145. The summed E-state index contributed by atoms with van der Waals surface area (Å²) in [5.74, 6) is 1.11. The Hall–Kier alpha value is -1.46. The molecule has 1 aromatic rings. The summed E-state index contributed by atoms with van der Waals surface area (Å²) in [6.45, 7) is 4.16. The molecule has 126 valence electrons. The van der Waals surface area contributed by atoms with Crippen LogP contribution in [0.5, 0.6) is 0 Å². The van der Waals surface area contributed by atoms with Crippen LogP contribution in [0.1, 0.15) is 25.0 Å². The van der Waals surface area contributed by atoms with Gasteiger partial charge in [0.15, 0.2) is 0 Å². The van der Waals surface area contributed by atoms with E-state index in [1.807, 2.05) is 23.1 Å². The van der Waals surface area contributed by atoms with Crippen molar-refractivity contribution < 1.29 is 9.53 Å². The average molecular weight is 317 g/mol. The third-order valence-corrected chi connectivity index (χ3v) is 4.59. The lowest BCUT2D eigenvalue weighted by Gasteiger charge is -2.35. The molecule has 0 N–H and O–H groups in total. The van der Waals surface area contributed by atoms with Crippen molar-refractivity contribution in [2.24, 2.45) is 5.92 Å². The fraction of sp³-hybridized carbons (Fsp3) is 0.667. The van der Waals surface area contributed by atoms with E-state index in [0.717, 1.165) is 31.2 Å². The summed E-state index contributed by atoms with van der Waals surface area (Å²) < 4.78 is 5.85. The summed E-state index contributed by atoms with van der Waals surface area (Å²) in [4.78, 5) is 21.0. The molecule has 2 fully saturated rings. The van der Waals surface area contributed by atoms with E-state index in [-0.39, 0.29) is 12.0 Å². The second-order valence-electron chi connectivity index (χ2n) is 6.82. The lowest BCUT2D eigenvalue weighted by atomic mass is 10.2. The second kappa shape index (κ2) is 7.88. The molecule has 1 aromatic heterocycles. The van der Waals surface area contributed by atoms with Crippen molar-refractivity contribution in [1.29, 1.82) is 0 Å². The molecule has 1 saturated carbocycles. The van der Waals surface area contributed by atoms with Gasteiger partial charge in [-0.25, -0.2) is 0 Å². The highest BCUT2D eigenvalue weighted by molar-refractivity contribution is 5.76. The maximum atomic E-state index is 12.4. The summed E-state index contributed by atoms with van der Waals surface area (Å²) in [6, 6.07) is 5.84. The third kappa shape index (κ3) is 5.29. The maximum Gasteiger partial charge on any atom is 0.223 e. The Morgan fingerprint density at radius 3 is 3.00 bits per heavy atom. The van der Waals surface area contributed by atoms with Crippen LogP contribution >= 0.6 is 0 Å². The number of hydrogen-bond donors (Lipinski definition) is 0. The van der Waals surface area contributed by atoms with Gasteiger partial charge >= 0.3 is 0 Å². The Bertz CT molecular complexity index is 504. The first-order chi connectivity index (χ1) is 11.2. The van der Waals surface area contributed by atoms with Gasteiger partial charge in [0, 0.05) is 44.5 Å². The number of aromatic nitrogens is 1. The van der Waals surface area contributed by atoms with Crippen LogP contribution in [0.2, 0.25) is 0 Å². The molecule has 2 heterocycles. The fourth-order valence-corrected chi connectivity index (χ4v) is 3.16. The molecule has 0 radical (unpaired) electrons. The number of amides is 1. The number of likely N-dealkylation sites (N-methyl/N-ethyl adjacent to an activating group) is 1. The first-order valence-corrected chi connectivity index (χ1v) is 8.68. The van der Waals surface area contributed by atoms with Gasteiger partial charge in [-0.2, -0.15) is 0 Å². The quantitative estimate of drug-likeness (QED) is 0.766. The van der Waals surface area contributed by atoms with Gasteiger partial charge in [0.05, 0.1) is 12.7 Å². The minimum Gasteiger partial charge on any atom is -0.373 e. The van der Waals surface area contributed by atoms with E-state index >= 15 is 0 Å². The van der Waals surface area contributed by atoms with Crippen LogP contribution in [0, 0.1) is 5.92 Å². The van der Waals surface area contributed by atoms with Crippen molar-refractivity contribution in [3.05, 3.63) is 30.1 Å². The molecular weight excluding hydrogens is 290 g/mol. The molecule has 1 saturated heterocycles. The zero-order valence-corrected chi connectivity index (χ0v) is 14.0. The van der Waals surface area contributed by atoms with Crippen molar-refractivity contribution in [1.82, 2.24) is 14.8 Å². The van der Waals surface area contributed by atoms with Crippen molar-refractivity contribution in [3.63, 3.8) is 0 Å². The van der Waals surface area contributed by atoms with Crippen molar-refractivity contribution in [3.8, 4) is 0 Å². The number of morpholine rings is 1. The van der Waals surface area contributed by atoms with Gasteiger partial charge in [-0.1, -0.05) is 6.07 Å². The van der Waals surface area contributed by atoms with Crippen LogP contribution in [0.15, 0.2) is 24.4 Å². The zero-order chi connectivity index (χ0) is 16.1. The predicted octanol–water partition coefficient (Wildman–Crippen LogP) is 1.58. The molecule has 5 heteroatoms. The topological polar surface area (TPSA) is 45.7 Å². The predicted molar refractivity (Wildman–Crippen MR) is 89.1 cm³/mol. The van der Waals surface area contributed by atoms with Gasteiger partial charge in [-0.15, -0.1) is 0 Å². The van der Waals surface area contributed by atoms with Gasteiger partial charge in [0.25, 0.3) is 0 Å². The lowest BCUT2D eigenvalue weighted by molar-refractivity contribution is -0.139. The van der Waals surface area contributed by atoms with Crippen LogP contribution in [0.3, 0.4) is 0 Å². The van der Waals surface area contributed by atoms with Crippen molar-refractivity contribution in [2.45, 2.75) is 31.8 Å². The fourth-order valence-electron chi connectivity index (χ4n) is 3.16.